The molecule has 0 bridgehead atoms. The molecule has 0 radical (unpaired) electrons. The summed E-state index contributed by atoms with van der Waals surface area (Å²) in [5.41, 5.74) is 1.50. The largest absolute Gasteiger partial charge is 0.341 e. The Morgan fingerprint density at radius 2 is 2.00 bits per heavy atom. The monoisotopic (exact) mass is 336 g/mol. The lowest BCUT2D eigenvalue weighted by atomic mass is 10.3. The number of benzene rings is 2. The zero-order valence-corrected chi connectivity index (χ0v) is 12.3. The molecule has 0 spiro atoms. The van der Waals surface area contributed by atoms with Crippen LogP contribution in [0.4, 0.5) is 4.39 Å². The first kappa shape index (κ1) is 12.7. The maximum atomic E-state index is 13.4. The predicted molar refractivity (Wildman–Crippen MR) is 79.8 cm³/mol. The van der Waals surface area contributed by atoms with Gasteiger partial charge in [-0.15, -0.1) is 11.8 Å². The summed E-state index contributed by atoms with van der Waals surface area (Å²) in [4.78, 5) is 8.79. The molecule has 3 rings (SSSR count). The predicted octanol–water partition coefficient (Wildman–Crippen LogP) is 4.76. The lowest BCUT2D eigenvalue weighted by Gasteiger charge is -1.97. The molecule has 0 atom stereocenters. The minimum atomic E-state index is -0.279. The van der Waals surface area contributed by atoms with E-state index in [0.717, 1.165) is 22.6 Å². The van der Waals surface area contributed by atoms with E-state index >= 15 is 0 Å². The summed E-state index contributed by atoms with van der Waals surface area (Å²) in [7, 11) is 0. The van der Waals surface area contributed by atoms with Crippen molar-refractivity contribution in [1.29, 1.82) is 0 Å². The number of aromatic amines is 1. The van der Waals surface area contributed by atoms with E-state index in [1.165, 1.54) is 11.0 Å². The fraction of sp³-hybridized carbons (Fsp3) is 0.0714. The van der Waals surface area contributed by atoms with Crippen molar-refractivity contribution in [2.45, 2.75) is 10.6 Å². The molecule has 0 amide bonds. The fourth-order valence-electron chi connectivity index (χ4n) is 1.79. The number of fused-ring (bicyclic) bond motifs is 1. The maximum Gasteiger partial charge on any atom is 0.139 e. The Kier molecular flexibility index (Phi) is 3.57. The highest BCUT2D eigenvalue weighted by Gasteiger charge is 2.07. The second-order valence-corrected chi connectivity index (χ2v) is 5.97. The van der Waals surface area contributed by atoms with Gasteiger partial charge in [0.05, 0.1) is 21.3 Å². The average Bonchev–Trinajstić information content (AvgIpc) is 2.80. The minimum Gasteiger partial charge on any atom is -0.341 e. The molecule has 0 saturated carbocycles. The third kappa shape index (κ3) is 2.82. The van der Waals surface area contributed by atoms with Crippen LogP contribution in [0.3, 0.4) is 0 Å². The van der Waals surface area contributed by atoms with Gasteiger partial charge in [0.1, 0.15) is 11.6 Å². The van der Waals surface area contributed by atoms with Crippen LogP contribution in [0.15, 0.2) is 51.8 Å². The molecular weight excluding hydrogens is 327 g/mol. The Morgan fingerprint density at radius 1 is 1.21 bits per heavy atom. The highest BCUT2D eigenvalue weighted by molar-refractivity contribution is 9.10. The van der Waals surface area contributed by atoms with Crippen LogP contribution in [0.2, 0.25) is 0 Å². The number of hydrogen-bond acceptors (Lipinski definition) is 2. The third-order valence-corrected chi connectivity index (χ3v) is 4.32. The number of nitrogens with zero attached hydrogens (tertiary/aromatic N) is 1. The van der Waals surface area contributed by atoms with Crippen molar-refractivity contribution >= 4 is 38.7 Å². The van der Waals surface area contributed by atoms with Gasteiger partial charge in [-0.1, -0.05) is 18.2 Å². The van der Waals surface area contributed by atoms with Gasteiger partial charge in [0.15, 0.2) is 0 Å². The summed E-state index contributed by atoms with van der Waals surface area (Å²) < 4.78 is 13.8. The Balaban J connectivity index is 1.82. The molecule has 5 heteroatoms. The van der Waals surface area contributed by atoms with Crippen LogP contribution in [0, 0.1) is 5.82 Å². The van der Waals surface area contributed by atoms with E-state index in [4.69, 9.17) is 0 Å². The summed E-state index contributed by atoms with van der Waals surface area (Å²) in [5.74, 6) is 1.30. The van der Waals surface area contributed by atoms with E-state index in [2.05, 4.69) is 38.0 Å². The minimum absolute atomic E-state index is 0.279. The van der Waals surface area contributed by atoms with Crippen molar-refractivity contribution in [3.63, 3.8) is 0 Å². The molecule has 0 aliphatic carbocycles. The topological polar surface area (TPSA) is 28.7 Å². The van der Waals surface area contributed by atoms with E-state index in [1.54, 1.807) is 17.8 Å². The summed E-state index contributed by atoms with van der Waals surface area (Å²) in [6, 6.07) is 13.3. The molecule has 0 aliphatic rings. The first-order valence-electron chi connectivity index (χ1n) is 5.74. The Labute approximate surface area is 122 Å². The number of hydrogen-bond donors (Lipinski definition) is 1. The van der Waals surface area contributed by atoms with Gasteiger partial charge in [-0.25, -0.2) is 9.37 Å². The molecule has 2 nitrogen and oxygen atoms in total. The molecule has 19 heavy (non-hydrogen) atoms. The molecular formula is C14H10BrFN2S. The Bertz CT molecular complexity index is 673. The molecule has 2 aromatic carbocycles. The van der Waals surface area contributed by atoms with Crippen LogP contribution in [0.25, 0.3) is 11.0 Å². The van der Waals surface area contributed by atoms with Crippen LogP contribution in [-0.2, 0) is 5.75 Å². The quantitative estimate of drug-likeness (QED) is 0.698. The summed E-state index contributed by atoms with van der Waals surface area (Å²) >= 11 is 4.87. The number of H-pyrrole nitrogens is 1. The van der Waals surface area contributed by atoms with Gasteiger partial charge in [-0.05, 0) is 34.1 Å². The lowest BCUT2D eigenvalue weighted by Crippen LogP contribution is -1.82. The van der Waals surface area contributed by atoms with E-state index < -0.39 is 0 Å². The highest BCUT2D eigenvalue weighted by atomic mass is 79.9. The first-order valence-corrected chi connectivity index (χ1v) is 7.52. The molecule has 1 N–H and O–H groups in total. The smallest absolute Gasteiger partial charge is 0.139 e. The number of nitrogens with one attached hydrogen (secondary N) is 1. The van der Waals surface area contributed by atoms with Gasteiger partial charge in [-0.2, -0.15) is 0 Å². The van der Waals surface area contributed by atoms with Crippen LogP contribution < -0.4 is 0 Å². The lowest BCUT2D eigenvalue weighted by molar-refractivity contribution is 0.623. The summed E-state index contributed by atoms with van der Waals surface area (Å²) in [6.45, 7) is 0. The number of aromatic nitrogens is 2. The van der Waals surface area contributed by atoms with Crippen molar-refractivity contribution in [3.8, 4) is 0 Å². The van der Waals surface area contributed by atoms with Crippen LogP contribution in [0.5, 0.6) is 0 Å². The van der Waals surface area contributed by atoms with E-state index in [-0.39, 0.29) is 5.82 Å². The van der Waals surface area contributed by atoms with Crippen LogP contribution in [0.1, 0.15) is 5.82 Å². The second kappa shape index (κ2) is 5.35. The van der Waals surface area contributed by atoms with Gasteiger partial charge < -0.3 is 4.98 Å². The summed E-state index contributed by atoms with van der Waals surface area (Å²) in [5, 5.41) is 0. The molecule has 1 heterocycles. The number of thioether (sulfide) groups is 1. The van der Waals surface area contributed by atoms with Crippen LogP contribution >= 0.6 is 27.7 Å². The van der Waals surface area contributed by atoms with Crippen LogP contribution in [-0.4, -0.2) is 9.97 Å². The fourth-order valence-corrected chi connectivity index (χ4v) is 2.92. The Morgan fingerprint density at radius 3 is 2.79 bits per heavy atom. The number of rotatable bonds is 3. The van der Waals surface area contributed by atoms with Gasteiger partial charge >= 0.3 is 0 Å². The number of halogens is 2. The van der Waals surface area contributed by atoms with Crippen molar-refractivity contribution in [2.24, 2.45) is 0 Å². The molecule has 1 aromatic heterocycles. The van der Waals surface area contributed by atoms with E-state index in [9.17, 15) is 4.39 Å². The molecule has 0 aliphatic heterocycles. The van der Waals surface area contributed by atoms with Crippen molar-refractivity contribution < 1.29 is 4.39 Å². The van der Waals surface area contributed by atoms with Gasteiger partial charge in [-0.3, -0.25) is 0 Å². The van der Waals surface area contributed by atoms with Gasteiger partial charge in [0.25, 0.3) is 0 Å². The zero-order chi connectivity index (χ0) is 13.2. The molecule has 3 aromatic rings. The first-order chi connectivity index (χ1) is 9.22. The van der Waals surface area contributed by atoms with Gasteiger partial charge in [0.2, 0.25) is 0 Å². The SMILES string of the molecule is Fc1cc2[nH]c(CSc3ccccc3)nc2cc1Br. The Hall–Kier alpha value is -1.33. The van der Waals surface area contributed by atoms with Crippen molar-refractivity contribution in [3.05, 3.63) is 58.6 Å². The van der Waals surface area contributed by atoms with Crippen molar-refractivity contribution in [1.82, 2.24) is 9.97 Å². The van der Waals surface area contributed by atoms with Gasteiger partial charge in [0, 0.05) is 11.0 Å². The summed E-state index contributed by atoms with van der Waals surface area (Å²) in [6.07, 6.45) is 0. The molecule has 0 unspecified atom stereocenters. The normalized spacial score (nSPS) is 11.1. The average molecular weight is 337 g/mol. The molecule has 0 saturated heterocycles. The zero-order valence-electron chi connectivity index (χ0n) is 9.86. The van der Waals surface area contributed by atoms with E-state index in [0.29, 0.717) is 4.47 Å². The molecule has 96 valence electrons. The molecule has 0 fully saturated rings. The number of imidazole rings is 1. The van der Waals surface area contributed by atoms with Crippen molar-refractivity contribution in [2.75, 3.05) is 0 Å². The second-order valence-electron chi connectivity index (χ2n) is 4.07. The maximum absolute atomic E-state index is 13.4. The van der Waals surface area contributed by atoms with E-state index in [1.807, 2.05) is 18.2 Å². The third-order valence-electron chi connectivity index (χ3n) is 2.69. The highest BCUT2D eigenvalue weighted by Crippen LogP contribution is 2.25. The standard InChI is InChI=1S/C14H10BrFN2S/c15-10-6-12-13(7-11(10)16)18-14(17-12)8-19-9-4-2-1-3-5-9/h1-7H,8H2,(H,17,18).